The lowest BCUT2D eigenvalue weighted by Crippen LogP contribution is -1.86. The van der Waals surface area contributed by atoms with Crippen LogP contribution in [0, 0.1) is 11.3 Å². The van der Waals surface area contributed by atoms with Gasteiger partial charge in [0.25, 0.3) is 0 Å². The number of benzene rings is 1. The summed E-state index contributed by atoms with van der Waals surface area (Å²) in [5.41, 5.74) is 0.600. The molecule has 0 fully saturated rings. The molecule has 14 heavy (non-hydrogen) atoms. The highest BCUT2D eigenvalue weighted by Crippen LogP contribution is 2.38. The van der Waals surface area contributed by atoms with Gasteiger partial charge in [0.2, 0.25) is 0 Å². The first-order valence-electron chi connectivity index (χ1n) is 3.91. The van der Waals surface area contributed by atoms with Gasteiger partial charge in [-0.05, 0) is 11.4 Å². The lowest BCUT2D eigenvalue weighted by molar-refractivity contribution is 0.415. The number of nitriles is 1. The molecule has 2 nitrogen and oxygen atoms in total. The molecule has 0 saturated carbocycles. The van der Waals surface area contributed by atoms with Crippen LogP contribution in [0.5, 0.6) is 5.75 Å². The molecule has 0 N–H and O–H groups in total. The first-order valence-corrected chi connectivity index (χ1v) is 5.17. The van der Waals surface area contributed by atoms with Crippen LogP contribution in [0.3, 0.4) is 0 Å². The number of ether oxygens (including phenoxy) is 1. The Labute approximate surface area is 90.3 Å². The van der Waals surface area contributed by atoms with Gasteiger partial charge in [-0.1, -0.05) is 11.6 Å². The van der Waals surface area contributed by atoms with Crippen molar-refractivity contribution in [3.8, 4) is 11.8 Å². The van der Waals surface area contributed by atoms with Crippen LogP contribution in [0.1, 0.15) is 5.56 Å². The molecular formula is C10H6ClNOS. The quantitative estimate of drug-likeness (QED) is 0.742. The molecular weight excluding hydrogens is 218 g/mol. The van der Waals surface area contributed by atoms with Crippen LogP contribution in [-0.4, -0.2) is 7.11 Å². The molecule has 0 aliphatic heterocycles. The number of methoxy groups -OCH3 is 1. The molecule has 0 aliphatic carbocycles. The molecule has 0 radical (unpaired) electrons. The van der Waals surface area contributed by atoms with Crippen LogP contribution in [-0.2, 0) is 0 Å². The Balaban J connectivity index is 2.89. The van der Waals surface area contributed by atoms with Gasteiger partial charge in [-0.15, -0.1) is 11.3 Å². The molecule has 0 saturated heterocycles. The Morgan fingerprint density at radius 2 is 2.36 bits per heavy atom. The maximum atomic E-state index is 8.92. The number of hydrogen-bond acceptors (Lipinski definition) is 3. The average molecular weight is 224 g/mol. The zero-order valence-electron chi connectivity index (χ0n) is 7.37. The lowest BCUT2D eigenvalue weighted by Gasteiger charge is -2.04. The van der Waals surface area contributed by atoms with E-state index in [0.717, 1.165) is 10.1 Å². The van der Waals surface area contributed by atoms with Crippen molar-refractivity contribution in [2.24, 2.45) is 0 Å². The Morgan fingerprint density at radius 1 is 1.57 bits per heavy atom. The number of nitrogens with zero attached hydrogens (tertiary/aromatic N) is 1. The van der Waals surface area contributed by atoms with Gasteiger partial charge in [0.1, 0.15) is 10.8 Å². The summed E-state index contributed by atoms with van der Waals surface area (Å²) in [7, 11) is 1.54. The second kappa shape index (κ2) is 3.49. The summed E-state index contributed by atoms with van der Waals surface area (Å²) in [6.45, 7) is 0. The molecule has 0 spiro atoms. The molecule has 0 atom stereocenters. The summed E-state index contributed by atoms with van der Waals surface area (Å²) < 4.78 is 5.99. The van der Waals surface area contributed by atoms with Gasteiger partial charge in [-0.2, -0.15) is 5.26 Å². The summed E-state index contributed by atoms with van der Waals surface area (Å²) in [4.78, 5) is 0. The zero-order chi connectivity index (χ0) is 10.1. The third kappa shape index (κ3) is 1.24. The lowest BCUT2D eigenvalue weighted by atomic mass is 10.1. The van der Waals surface area contributed by atoms with Gasteiger partial charge in [0.15, 0.2) is 0 Å². The van der Waals surface area contributed by atoms with Gasteiger partial charge in [-0.3, -0.25) is 0 Å². The van der Waals surface area contributed by atoms with Crippen LogP contribution < -0.4 is 4.74 Å². The minimum absolute atomic E-state index is 0.554. The van der Waals surface area contributed by atoms with Crippen molar-refractivity contribution in [1.82, 2.24) is 0 Å². The van der Waals surface area contributed by atoms with Crippen molar-refractivity contribution in [2.45, 2.75) is 0 Å². The third-order valence-electron chi connectivity index (χ3n) is 1.99. The van der Waals surface area contributed by atoms with Crippen LogP contribution >= 0.6 is 22.9 Å². The molecule has 2 rings (SSSR count). The predicted octanol–water partition coefficient (Wildman–Crippen LogP) is 3.43. The summed E-state index contributed by atoms with van der Waals surface area (Å²) in [5, 5.41) is 12.3. The van der Waals surface area contributed by atoms with Gasteiger partial charge in [0.05, 0.1) is 23.4 Å². The van der Waals surface area contributed by atoms with E-state index in [4.69, 9.17) is 21.6 Å². The number of hydrogen-bond donors (Lipinski definition) is 0. The van der Waals surface area contributed by atoms with Crippen LogP contribution in [0.15, 0.2) is 17.5 Å². The Hall–Kier alpha value is -1.24. The van der Waals surface area contributed by atoms with Crippen molar-refractivity contribution >= 4 is 33.0 Å². The normalized spacial score (nSPS) is 10.1. The van der Waals surface area contributed by atoms with Crippen LogP contribution in [0.25, 0.3) is 10.1 Å². The van der Waals surface area contributed by atoms with Crippen molar-refractivity contribution in [1.29, 1.82) is 5.26 Å². The summed E-state index contributed by atoms with van der Waals surface area (Å²) in [6.07, 6.45) is 0. The second-order valence-electron chi connectivity index (χ2n) is 2.72. The highest BCUT2D eigenvalue weighted by molar-refractivity contribution is 7.18. The molecule has 70 valence electrons. The van der Waals surface area contributed by atoms with E-state index in [1.165, 1.54) is 11.3 Å². The van der Waals surface area contributed by atoms with E-state index in [1.807, 2.05) is 11.4 Å². The Bertz CT molecular complexity index is 527. The van der Waals surface area contributed by atoms with Crippen molar-refractivity contribution in [2.75, 3.05) is 7.11 Å². The highest BCUT2D eigenvalue weighted by atomic mass is 35.5. The number of thiophene rings is 1. The van der Waals surface area contributed by atoms with Crippen molar-refractivity contribution in [3.63, 3.8) is 0 Å². The Morgan fingerprint density at radius 3 is 3.00 bits per heavy atom. The maximum absolute atomic E-state index is 8.92. The third-order valence-corrected chi connectivity index (χ3v) is 3.41. The molecule has 1 heterocycles. The monoisotopic (exact) mass is 223 g/mol. The van der Waals surface area contributed by atoms with E-state index in [0.29, 0.717) is 16.3 Å². The average Bonchev–Trinajstić information content (AvgIpc) is 2.68. The smallest absolute Gasteiger partial charge is 0.140 e. The van der Waals surface area contributed by atoms with Crippen LogP contribution in [0.4, 0.5) is 0 Å². The second-order valence-corrected chi connectivity index (χ2v) is 4.01. The van der Waals surface area contributed by atoms with Gasteiger partial charge in [-0.25, -0.2) is 0 Å². The van der Waals surface area contributed by atoms with Gasteiger partial charge >= 0.3 is 0 Å². The molecule has 0 unspecified atom stereocenters. The standard InChI is InChI=1S/C10H6ClNOS/c1-13-8-4-6(5-12)7-2-3-14-10(7)9(8)11/h2-4H,1H3. The van der Waals surface area contributed by atoms with E-state index in [9.17, 15) is 0 Å². The molecule has 4 heteroatoms. The van der Waals surface area contributed by atoms with E-state index < -0.39 is 0 Å². The maximum Gasteiger partial charge on any atom is 0.140 e. The molecule has 0 amide bonds. The Kier molecular flexibility index (Phi) is 2.32. The number of fused-ring (bicyclic) bond motifs is 1. The fourth-order valence-corrected chi connectivity index (χ4v) is 2.53. The van der Waals surface area contributed by atoms with Gasteiger partial charge < -0.3 is 4.74 Å². The van der Waals surface area contributed by atoms with E-state index >= 15 is 0 Å². The minimum Gasteiger partial charge on any atom is -0.495 e. The summed E-state index contributed by atoms with van der Waals surface area (Å²) >= 11 is 7.60. The first kappa shape index (κ1) is 9.32. The van der Waals surface area contributed by atoms with Crippen molar-refractivity contribution in [3.05, 3.63) is 28.1 Å². The molecule has 0 bridgehead atoms. The fourth-order valence-electron chi connectivity index (χ4n) is 1.32. The largest absolute Gasteiger partial charge is 0.495 e. The first-order chi connectivity index (χ1) is 6.77. The fraction of sp³-hybridized carbons (Fsp3) is 0.100. The van der Waals surface area contributed by atoms with E-state index in [-0.39, 0.29) is 0 Å². The summed E-state index contributed by atoms with van der Waals surface area (Å²) in [5.74, 6) is 0.554. The van der Waals surface area contributed by atoms with E-state index in [1.54, 1.807) is 13.2 Å². The predicted molar refractivity (Wildman–Crippen MR) is 58.1 cm³/mol. The molecule has 1 aromatic carbocycles. The van der Waals surface area contributed by atoms with Gasteiger partial charge in [0, 0.05) is 11.5 Å². The SMILES string of the molecule is COc1cc(C#N)c2ccsc2c1Cl. The zero-order valence-corrected chi connectivity index (χ0v) is 8.95. The molecule has 0 aliphatic rings. The number of rotatable bonds is 1. The topological polar surface area (TPSA) is 33.0 Å². The molecule has 2 aromatic rings. The number of halogens is 1. The van der Waals surface area contributed by atoms with Crippen LogP contribution in [0.2, 0.25) is 5.02 Å². The molecule has 1 aromatic heterocycles. The summed E-state index contributed by atoms with van der Waals surface area (Å²) in [6, 6.07) is 5.68. The van der Waals surface area contributed by atoms with Crippen molar-refractivity contribution < 1.29 is 4.74 Å². The van der Waals surface area contributed by atoms with E-state index in [2.05, 4.69) is 6.07 Å². The minimum atomic E-state index is 0.554. The highest BCUT2D eigenvalue weighted by Gasteiger charge is 2.11.